The lowest BCUT2D eigenvalue weighted by molar-refractivity contribution is -0.142. The molecular weight excluding hydrogens is 534 g/mol. The maximum atomic E-state index is 13.6. The third-order valence-electron chi connectivity index (χ3n) is 4.97. The quantitative estimate of drug-likeness (QED) is 0.204. The summed E-state index contributed by atoms with van der Waals surface area (Å²) in [5.41, 5.74) is 3.10. The molecule has 3 rings (SSSR count). The number of carbonyl (C=O) groups excluding carboxylic acids is 2. The molecule has 0 spiro atoms. The van der Waals surface area contributed by atoms with Crippen LogP contribution in [0.4, 0.5) is 5.69 Å². The first-order valence-corrected chi connectivity index (χ1v) is 13.2. The standard InChI is InChI=1S/C26H26ClN3O7S/c1-3-36-24-10-5-4-9-23(24)30(38(33,34)22-13-11-20(27)12-14-22)17-25(31)29-28-16-19-7-6-8-21(15-19)37-18-26(32)35-2/h4-16H,3,17-18H2,1-2H3,(H,29,31)/b28-16-. The number of methoxy groups -OCH3 is 1. The molecule has 0 saturated carbocycles. The molecule has 0 bridgehead atoms. The Morgan fingerprint density at radius 1 is 1.03 bits per heavy atom. The smallest absolute Gasteiger partial charge is 0.343 e. The minimum atomic E-state index is -4.18. The van der Waals surface area contributed by atoms with E-state index in [1.54, 1.807) is 55.5 Å². The fourth-order valence-electron chi connectivity index (χ4n) is 3.20. The Balaban J connectivity index is 1.80. The lowest BCUT2D eigenvalue weighted by Crippen LogP contribution is -2.39. The Hall–Kier alpha value is -4.09. The molecule has 3 aromatic rings. The monoisotopic (exact) mass is 559 g/mol. The highest BCUT2D eigenvalue weighted by Gasteiger charge is 2.29. The summed E-state index contributed by atoms with van der Waals surface area (Å²) < 4.78 is 43.6. The van der Waals surface area contributed by atoms with E-state index in [-0.39, 0.29) is 17.2 Å². The number of benzene rings is 3. The summed E-state index contributed by atoms with van der Waals surface area (Å²) in [6.45, 7) is 1.24. The van der Waals surface area contributed by atoms with Gasteiger partial charge in [0.15, 0.2) is 6.61 Å². The lowest BCUT2D eigenvalue weighted by Gasteiger charge is -2.25. The van der Waals surface area contributed by atoms with Crippen molar-refractivity contribution in [2.75, 3.05) is 31.2 Å². The molecule has 10 nitrogen and oxygen atoms in total. The summed E-state index contributed by atoms with van der Waals surface area (Å²) in [4.78, 5) is 24.0. The van der Waals surface area contributed by atoms with Crippen LogP contribution in [0.1, 0.15) is 12.5 Å². The summed E-state index contributed by atoms with van der Waals surface area (Å²) in [5, 5.41) is 4.30. The molecule has 0 aromatic heterocycles. The van der Waals surface area contributed by atoms with Crippen LogP contribution in [0.2, 0.25) is 5.02 Å². The van der Waals surface area contributed by atoms with Crippen molar-refractivity contribution >= 4 is 45.4 Å². The van der Waals surface area contributed by atoms with Gasteiger partial charge < -0.3 is 14.2 Å². The molecule has 38 heavy (non-hydrogen) atoms. The number of nitrogens with zero attached hydrogens (tertiary/aromatic N) is 2. The van der Waals surface area contributed by atoms with E-state index in [4.69, 9.17) is 21.1 Å². The van der Waals surface area contributed by atoms with Crippen LogP contribution in [0.3, 0.4) is 0 Å². The number of rotatable bonds is 12. The van der Waals surface area contributed by atoms with Crippen molar-refractivity contribution in [3.8, 4) is 11.5 Å². The molecule has 3 aromatic carbocycles. The molecule has 1 N–H and O–H groups in total. The van der Waals surface area contributed by atoms with Crippen molar-refractivity contribution in [2.24, 2.45) is 5.10 Å². The van der Waals surface area contributed by atoms with Gasteiger partial charge in [0, 0.05) is 5.02 Å². The summed E-state index contributed by atoms with van der Waals surface area (Å²) in [7, 11) is -2.92. The molecular formula is C26H26ClN3O7S. The summed E-state index contributed by atoms with van der Waals surface area (Å²) in [5.74, 6) is -0.519. The fraction of sp³-hybridized carbons (Fsp3) is 0.192. The van der Waals surface area contributed by atoms with Crippen LogP contribution in [0.25, 0.3) is 0 Å². The van der Waals surface area contributed by atoms with Crippen LogP contribution in [-0.2, 0) is 24.3 Å². The predicted octanol–water partition coefficient (Wildman–Crippen LogP) is 3.64. The van der Waals surface area contributed by atoms with Gasteiger partial charge in [-0.3, -0.25) is 9.10 Å². The number of esters is 1. The van der Waals surface area contributed by atoms with E-state index in [1.165, 1.54) is 37.6 Å². The molecule has 0 aliphatic heterocycles. The van der Waals surface area contributed by atoms with Gasteiger partial charge in [-0.05, 0) is 61.0 Å². The third kappa shape index (κ3) is 7.70. The molecule has 200 valence electrons. The molecule has 12 heteroatoms. The van der Waals surface area contributed by atoms with Crippen LogP contribution in [0, 0.1) is 0 Å². The number of ether oxygens (including phenoxy) is 3. The lowest BCUT2D eigenvalue weighted by atomic mass is 10.2. The Morgan fingerprint density at radius 3 is 2.47 bits per heavy atom. The van der Waals surface area contributed by atoms with E-state index < -0.39 is 28.4 Å². The second-order valence-corrected chi connectivity index (χ2v) is 9.90. The molecule has 0 radical (unpaired) electrons. The van der Waals surface area contributed by atoms with Crippen molar-refractivity contribution < 1.29 is 32.2 Å². The van der Waals surface area contributed by atoms with Crippen LogP contribution in [-0.4, -0.2) is 53.4 Å². The number of amides is 1. The molecule has 0 unspecified atom stereocenters. The van der Waals surface area contributed by atoms with E-state index in [1.807, 2.05) is 0 Å². The zero-order chi connectivity index (χ0) is 27.5. The van der Waals surface area contributed by atoms with Gasteiger partial charge in [0.25, 0.3) is 15.9 Å². The fourth-order valence-corrected chi connectivity index (χ4v) is 4.76. The number of hydrazone groups is 1. The normalized spacial score (nSPS) is 11.1. The van der Waals surface area contributed by atoms with E-state index in [0.29, 0.717) is 28.7 Å². The minimum Gasteiger partial charge on any atom is -0.492 e. The van der Waals surface area contributed by atoms with Gasteiger partial charge in [0.1, 0.15) is 18.0 Å². The van der Waals surface area contributed by atoms with Gasteiger partial charge in [-0.1, -0.05) is 35.9 Å². The summed E-state index contributed by atoms with van der Waals surface area (Å²) in [6.07, 6.45) is 1.36. The zero-order valence-electron chi connectivity index (χ0n) is 20.7. The second kappa shape index (κ2) is 13.5. The van der Waals surface area contributed by atoms with Crippen LogP contribution in [0.5, 0.6) is 11.5 Å². The summed E-state index contributed by atoms with van der Waals surface area (Å²) in [6, 6.07) is 18.8. The number of anilines is 1. The number of para-hydroxylation sites is 2. The Bertz CT molecular complexity index is 1400. The van der Waals surface area contributed by atoms with Gasteiger partial charge in [0.05, 0.1) is 30.5 Å². The summed E-state index contributed by atoms with van der Waals surface area (Å²) >= 11 is 5.93. The van der Waals surface area contributed by atoms with Crippen molar-refractivity contribution in [1.82, 2.24) is 5.43 Å². The average molecular weight is 560 g/mol. The minimum absolute atomic E-state index is 0.0479. The number of sulfonamides is 1. The maximum absolute atomic E-state index is 13.6. The average Bonchev–Trinajstić information content (AvgIpc) is 2.91. The van der Waals surface area contributed by atoms with Crippen LogP contribution < -0.4 is 19.2 Å². The highest BCUT2D eigenvalue weighted by molar-refractivity contribution is 7.92. The molecule has 0 aliphatic carbocycles. The van der Waals surface area contributed by atoms with Crippen molar-refractivity contribution in [3.05, 3.63) is 83.4 Å². The number of carbonyl (C=O) groups is 2. The topological polar surface area (TPSA) is 124 Å². The predicted molar refractivity (Wildman–Crippen MR) is 143 cm³/mol. The van der Waals surface area contributed by atoms with Gasteiger partial charge in [-0.15, -0.1) is 0 Å². The molecule has 0 fully saturated rings. The van der Waals surface area contributed by atoms with E-state index in [9.17, 15) is 18.0 Å². The SMILES string of the molecule is CCOc1ccccc1N(CC(=O)N/N=C\c1cccc(OCC(=O)OC)c1)S(=O)(=O)c1ccc(Cl)cc1. The maximum Gasteiger partial charge on any atom is 0.343 e. The van der Waals surface area contributed by atoms with Crippen LogP contribution >= 0.6 is 11.6 Å². The largest absolute Gasteiger partial charge is 0.492 e. The first kappa shape index (κ1) is 28.5. The van der Waals surface area contributed by atoms with Crippen molar-refractivity contribution in [1.29, 1.82) is 0 Å². The van der Waals surface area contributed by atoms with Gasteiger partial charge >= 0.3 is 5.97 Å². The van der Waals surface area contributed by atoms with E-state index >= 15 is 0 Å². The van der Waals surface area contributed by atoms with Crippen molar-refractivity contribution in [2.45, 2.75) is 11.8 Å². The van der Waals surface area contributed by atoms with E-state index in [0.717, 1.165) is 4.31 Å². The Kier molecular flexibility index (Phi) is 10.1. The van der Waals surface area contributed by atoms with Gasteiger partial charge in [0.2, 0.25) is 0 Å². The second-order valence-electron chi connectivity index (χ2n) is 7.60. The molecule has 0 aliphatic rings. The Labute approximate surface area is 225 Å². The number of halogens is 1. The molecule has 0 atom stereocenters. The van der Waals surface area contributed by atoms with Gasteiger partial charge in [-0.2, -0.15) is 5.10 Å². The van der Waals surface area contributed by atoms with Crippen LogP contribution in [0.15, 0.2) is 82.8 Å². The van der Waals surface area contributed by atoms with Crippen molar-refractivity contribution in [3.63, 3.8) is 0 Å². The number of hydrogen-bond donors (Lipinski definition) is 1. The van der Waals surface area contributed by atoms with E-state index in [2.05, 4.69) is 15.3 Å². The Morgan fingerprint density at radius 2 is 1.76 bits per heavy atom. The first-order chi connectivity index (χ1) is 18.2. The zero-order valence-corrected chi connectivity index (χ0v) is 22.2. The van der Waals surface area contributed by atoms with Gasteiger partial charge in [-0.25, -0.2) is 18.6 Å². The first-order valence-electron chi connectivity index (χ1n) is 11.4. The highest BCUT2D eigenvalue weighted by Crippen LogP contribution is 2.32. The number of hydrogen-bond acceptors (Lipinski definition) is 8. The molecule has 0 saturated heterocycles. The molecule has 1 amide bonds. The number of nitrogens with one attached hydrogen (secondary N) is 1. The third-order valence-corrected chi connectivity index (χ3v) is 6.99. The molecule has 0 heterocycles. The highest BCUT2D eigenvalue weighted by atomic mass is 35.5.